The third-order valence-corrected chi connectivity index (χ3v) is 3.14. The lowest BCUT2D eigenvalue weighted by atomic mass is 10.1. The first-order valence-electron chi connectivity index (χ1n) is 6.30. The van der Waals surface area contributed by atoms with Gasteiger partial charge in [-0.3, -0.25) is 0 Å². The summed E-state index contributed by atoms with van der Waals surface area (Å²) in [5.41, 5.74) is 2.65. The summed E-state index contributed by atoms with van der Waals surface area (Å²) < 4.78 is 10.7. The van der Waals surface area contributed by atoms with E-state index in [1.54, 1.807) is 6.07 Å². The SMILES string of the molecule is O=C(OCc1ccccc1)c1ccc2c(c1)CCO2. The topological polar surface area (TPSA) is 35.5 Å². The van der Waals surface area contributed by atoms with Crippen LogP contribution in [0.3, 0.4) is 0 Å². The molecule has 0 radical (unpaired) electrons. The largest absolute Gasteiger partial charge is 0.493 e. The Morgan fingerprint density at radius 1 is 1.16 bits per heavy atom. The molecule has 1 heterocycles. The number of esters is 1. The van der Waals surface area contributed by atoms with Crippen molar-refractivity contribution in [1.29, 1.82) is 0 Å². The molecule has 0 aliphatic carbocycles. The Kier molecular flexibility index (Phi) is 3.19. The highest BCUT2D eigenvalue weighted by Gasteiger charge is 2.15. The van der Waals surface area contributed by atoms with Crippen LogP contribution in [0.1, 0.15) is 21.5 Å². The number of benzene rings is 2. The van der Waals surface area contributed by atoms with E-state index < -0.39 is 0 Å². The number of hydrogen-bond acceptors (Lipinski definition) is 3. The van der Waals surface area contributed by atoms with Crippen molar-refractivity contribution in [3.05, 3.63) is 65.2 Å². The Morgan fingerprint density at radius 2 is 2.00 bits per heavy atom. The van der Waals surface area contributed by atoms with Crippen LogP contribution in [-0.4, -0.2) is 12.6 Å². The van der Waals surface area contributed by atoms with E-state index in [0.29, 0.717) is 18.8 Å². The number of rotatable bonds is 3. The van der Waals surface area contributed by atoms with Gasteiger partial charge < -0.3 is 9.47 Å². The van der Waals surface area contributed by atoms with Crippen molar-refractivity contribution < 1.29 is 14.3 Å². The van der Waals surface area contributed by atoms with Crippen molar-refractivity contribution in [2.24, 2.45) is 0 Å². The minimum Gasteiger partial charge on any atom is -0.493 e. The molecule has 3 nitrogen and oxygen atoms in total. The summed E-state index contributed by atoms with van der Waals surface area (Å²) in [4.78, 5) is 12.0. The van der Waals surface area contributed by atoms with Crippen LogP contribution in [0.15, 0.2) is 48.5 Å². The van der Waals surface area contributed by atoms with E-state index in [1.807, 2.05) is 42.5 Å². The van der Waals surface area contributed by atoms with Crippen LogP contribution in [0.2, 0.25) is 0 Å². The number of carbonyl (C=O) groups excluding carboxylic acids is 1. The van der Waals surface area contributed by atoms with Crippen molar-refractivity contribution in [1.82, 2.24) is 0 Å². The predicted molar refractivity (Wildman–Crippen MR) is 71.2 cm³/mol. The van der Waals surface area contributed by atoms with Crippen LogP contribution in [0, 0.1) is 0 Å². The van der Waals surface area contributed by atoms with Gasteiger partial charge in [0, 0.05) is 6.42 Å². The fraction of sp³-hybridized carbons (Fsp3) is 0.188. The highest BCUT2D eigenvalue weighted by atomic mass is 16.5. The fourth-order valence-electron chi connectivity index (χ4n) is 2.12. The third kappa shape index (κ3) is 2.60. The summed E-state index contributed by atoms with van der Waals surface area (Å²) in [6.07, 6.45) is 0.856. The first-order valence-corrected chi connectivity index (χ1v) is 6.30. The molecule has 2 aromatic rings. The molecule has 0 atom stereocenters. The van der Waals surface area contributed by atoms with E-state index in [2.05, 4.69) is 0 Å². The van der Waals surface area contributed by atoms with Gasteiger partial charge in [0.1, 0.15) is 12.4 Å². The lowest BCUT2D eigenvalue weighted by Crippen LogP contribution is -2.05. The molecule has 1 aliphatic rings. The number of carbonyl (C=O) groups is 1. The maximum atomic E-state index is 12.0. The van der Waals surface area contributed by atoms with Gasteiger partial charge in [0.2, 0.25) is 0 Å². The van der Waals surface area contributed by atoms with Crippen molar-refractivity contribution in [3.8, 4) is 5.75 Å². The first-order chi connectivity index (χ1) is 9.33. The predicted octanol–water partition coefficient (Wildman–Crippen LogP) is 2.98. The summed E-state index contributed by atoms with van der Waals surface area (Å²) >= 11 is 0. The smallest absolute Gasteiger partial charge is 0.338 e. The normalized spacial score (nSPS) is 12.6. The maximum Gasteiger partial charge on any atom is 0.338 e. The van der Waals surface area contributed by atoms with E-state index in [1.165, 1.54) is 0 Å². The fourth-order valence-corrected chi connectivity index (χ4v) is 2.12. The average Bonchev–Trinajstić information content (AvgIpc) is 2.93. The van der Waals surface area contributed by atoms with E-state index in [-0.39, 0.29) is 5.97 Å². The average molecular weight is 254 g/mol. The molecule has 0 amide bonds. The van der Waals surface area contributed by atoms with Crippen LogP contribution < -0.4 is 4.74 Å². The summed E-state index contributed by atoms with van der Waals surface area (Å²) in [7, 11) is 0. The molecule has 0 unspecified atom stereocenters. The Bertz CT molecular complexity index is 590. The number of ether oxygens (including phenoxy) is 2. The van der Waals surface area contributed by atoms with Gasteiger partial charge in [0.25, 0.3) is 0 Å². The van der Waals surface area contributed by atoms with Crippen LogP contribution in [0.4, 0.5) is 0 Å². The minimum absolute atomic E-state index is 0.293. The molecule has 0 saturated heterocycles. The zero-order valence-electron chi connectivity index (χ0n) is 10.5. The number of hydrogen-bond donors (Lipinski definition) is 0. The molecule has 0 spiro atoms. The lowest BCUT2D eigenvalue weighted by molar-refractivity contribution is 0.0472. The standard InChI is InChI=1S/C16H14O3/c17-16(19-11-12-4-2-1-3-5-12)14-6-7-15-13(10-14)8-9-18-15/h1-7,10H,8-9,11H2. The molecule has 3 heteroatoms. The van der Waals surface area contributed by atoms with Gasteiger partial charge in [0.15, 0.2) is 0 Å². The van der Waals surface area contributed by atoms with Crippen molar-refractivity contribution >= 4 is 5.97 Å². The van der Waals surface area contributed by atoms with Gasteiger partial charge >= 0.3 is 5.97 Å². The second kappa shape index (κ2) is 5.14. The highest BCUT2D eigenvalue weighted by Crippen LogP contribution is 2.26. The van der Waals surface area contributed by atoms with Gasteiger partial charge in [-0.1, -0.05) is 30.3 Å². The summed E-state index contributed by atoms with van der Waals surface area (Å²) in [5, 5.41) is 0. The van der Waals surface area contributed by atoms with Gasteiger partial charge in [-0.05, 0) is 29.3 Å². The van der Waals surface area contributed by atoms with E-state index >= 15 is 0 Å². The highest BCUT2D eigenvalue weighted by molar-refractivity contribution is 5.89. The zero-order valence-corrected chi connectivity index (χ0v) is 10.5. The molecule has 96 valence electrons. The van der Waals surface area contributed by atoms with Gasteiger partial charge in [-0.15, -0.1) is 0 Å². The Labute approximate surface area is 111 Å². The Morgan fingerprint density at radius 3 is 2.84 bits per heavy atom. The maximum absolute atomic E-state index is 12.0. The van der Waals surface area contributed by atoms with E-state index in [0.717, 1.165) is 23.3 Å². The van der Waals surface area contributed by atoms with Crippen LogP contribution >= 0.6 is 0 Å². The molecule has 0 bridgehead atoms. The zero-order chi connectivity index (χ0) is 13.1. The van der Waals surface area contributed by atoms with E-state index in [4.69, 9.17) is 9.47 Å². The van der Waals surface area contributed by atoms with Crippen molar-refractivity contribution in [2.75, 3.05) is 6.61 Å². The number of fused-ring (bicyclic) bond motifs is 1. The van der Waals surface area contributed by atoms with Crippen molar-refractivity contribution in [3.63, 3.8) is 0 Å². The molecule has 0 saturated carbocycles. The molecule has 2 aromatic carbocycles. The van der Waals surface area contributed by atoms with E-state index in [9.17, 15) is 4.79 Å². The monoisotopic (exact) mass is 254 g/mol. The molecular weight excluding hydrogens is 240 g/mol. The van der Waals surface area contributed by atoms with Crippen LogP contribution in [-0.2, 0) is 17.8 Å². The molecule has 0 fully saturated rings. The molecule has 1 aliphatic heterocycles. The van der Waals surface area contributed by atoms with Crippen LogP contribution in [0.5, 0.6) is 5.75 Å². The molecular formula is C16H14O3. The third-order valence-electron chi connectivity index (χ3n) is 3.14. The summed E-state index contributed by atoms with van der Waals surface area (Å²) in [6, 6.07) is 15.1. The molecule has 0 aromatic heterocycles. The first kappa shape index (κ1) is 11.8. The van der Waals surface area contributed by atoms with Crippen molar-refractivity contribution in [2.45, 2.75) is 13.0 Å². The minimum atomic E-state index is -0.293. The van der Waals surface area contributed by atoms with Crippen LogP contribution in [0.25, 0.3) is 0 Å². The molecule has 19 heavy (non-hydrogen) atoms. The second-order valence-corrected chi connectivity index (χ2v) is 4.48. The van der Waals surface area contributed by atoms with Gasteiger partial charge in [0.05, 0.1) is 12.2 Å². The summed E-state index contributed by atoms with van der Waals surface area (Å²) in [6.45, 7) is 0.991. The van der Waals surface area contributed by atoms with Gasteiger partial charge in [-0.25, -0.2) is 4.79 Å². The quantitative estimate of drug-likeness (QED) is 0.790. The Hall–Kier alpha value is -2.29. The molecule has 3 rings (SSSR count). The van der Waals surface area contributed by atoms with Gasteiger partial charge in [-0.2, -0.15) is 0 Å². The second-order valence-electron chi connectivity index (χ2n) is 4.48. The molecule has 0 N–H and O–H groups in total. The Balaban J connectivity index is 1.67. The summed E-state index contributed by atoms with van der Waals surface area (Å²) in [5.74, 6) is 0.582. The lowest BCUT2D eigenvalue weighted by Gasteiger charge is -2.06.